The Hall–Kier alpha value is -0.300. The van der Waals surface area contributed by atoms with Gasteiger partial charge in [-0.3, -0.25) is 0 Å². The largest absolute Gasteiger partial charge is 0.390 e. The van der Waals surface area contributed by atoms with E-state index >= 15 is 0 Å². The van der Waals surface area contributed by atoms with Crippen molar-refractivity contribution in [3.8, 4) is 0 Å². The lowest BCUT2D eigenvalue weighted by atomic mass is 9.64. The summed E-state index contributed by atoms with van der Waals surface area (Å²) in [6, 6.07) is 0. The molecule has 0 amide bonds. The summed E-state index contributed by atoms with van der Waals surface area (Å²) in [6.45, 7) is 6.77. The Balaban J connectivity index is 2.33. The third-order valence-corrected chi connectivity index (χ3v) is 4.63. The number of allylic oxidation sites excluding steroid dienone is 2. The predicted molar refractivity (Wildman–Crippen MR) is 63.6 cm³/mol. The first kappa shape index (κ1) is 11.2. The van der Waals surface area contributed by atoms with Crippen LogP contribution in [0.2, 0.25) is 0 Å². The smallest absolute Gasteiger partial charge is 0.0653 e. The van der Waals surface area contributed by atoms with Crippen molar-refractivity contribution in [1.29, 1.82) is 0 Å². The molecule has 1 saturated carbocycles. The lowest BCUT2D eigenvalue weighted by molar-refractivity contribution is -0.0372. The lowest BCUT2D eigenvalue weighted by Crippen LogP contribution is -2.42. The van der Waals surface area contributed by atoms with Crippen LogP contribution in [0.15, 0.2) is 12.2 Å². The molecule has 15 heavy (non-hydrogen) atoms. The zero-order valence-electron chi connectivity index (χ0n) is 10.3. The molecule has 0 heterocycles. The number of aliphatic hydroxyl groups is 1. The maximum Gasteiger partial charge on any atom is 0.0653 e. The van der Waals surface area contributed by atoms with Gasteiger partial charge in [-0.25, -0.2) is 0 Å². The zero-order valence-corrected chi connectivity index (χ0v) is 10.3. The molecule has 1 fully saturated rings. The van der Waals surface area contributed by atoms with E-state index in [1.807, 2.05) is 6.92 Å². The number of hydrogen-bond acceptors (Lipinski definition) is 1. The second-order valence-electron chi connectivity index (χ2n) is 6.34. The molecule has 0 aromatic rings. The quantitative estimate of drug-likeness (QED) is 0.604. The Kier molecular flexibility index (Phi) is 2.70. The van der Waals surface area contributed by atoms with Crippen molar-refractivity contribution in [2.45, 2.75) is 58.5 Å². The molecule has 0 aromatic heterocycles. The van der Waals surface area contributed by atoms with E-state index < -0.39 is 5.60 Å². The van der Waals surface area contributed by atoms with E-state index in [-0.39, 0.29) is 0 Å². The van der Waals surface area contributed by atoms with E-state index in [9.17, 15) is 5.11 Å². The van der Waals surface area contributed by atoms with Crippen molar-refractivity contribution in [3.63, 3.8) is 0 Å². The first-order chi connectivity index (χ1) is 6.93. The Morgan fingerprint density at radius 2 is 1.93 bits per heavy atom. The minimum Gasteiger partial charge on any atom is -0.390 e. The molecule has 0 bridgehead atoms. The molecular weight excluding hydrogens is 184 g/mol. The Morgan fingerprint density at radius 3 is 2.67 bits per heavy atom. The fraction of sp³-hybridized carbons (Fsp3) is 0.857. The molecule has 2 aliphatic rings. The van der Waals surface area contributed by atoms with Gasteiger partial charge < -0.3 is 5.11 Å². The number of fused-ring (bicyclic) bond motifs is 1. The average molecular weight is 208 g/mol. The zero-order chi connectivity index (χ0) is 11.1. The highest BCUT2D eigenvalue weighted by Gasteiger charge is 2.45. The molecule has 2 rings (SSSR count). The van der Waals surface area contributed by atoms with Crippen LogP contribution in [0.4, 0.5) is 0 Å². The third-order valence-electron chi connectivity index (χ3n) is 4.63. The SMILES string of the molecule is CC1(C)CCC[C@](C)(O)C2CCC=CC21. The highest BCUT2D eigenvalue weighted by Crippen LogP contribution is 2.50. The summed E-state index contributed by atoms with van der Waals surface area (Å²) in [7, 11) is 0. The molecule has 0 aromatic carbocycles. The summed E-state index contributed by atoms with van der Waals surface area (Å²) < 4.78 is 0. The van der Waals surface area contributed by atoms with Crippen LogP contribution < -0.4 is 0 Å². The van der Waals surface area contributed by atoms with Gasteiger partial charge in [0.05, 0.1) is 5.60 Å². The summed E-state index contributed by atoms with van der Waals surface area (Å²) in [6.07, 6.45) is 10.4. The van der Waals surface area contributed by atoms with Gasteiger partial charge in [-0.1, -0.05) is 32.4 Å². The molecule has 2 unspecified atom stereocenters. The van der Waals surface area contributed by atoms with E-state index in [1.165, 1.54) is 12.8 Å². The van der Waals surface area contributed by atoms with Crippen LogP contribution in [0.1, 0.15) is 52.9 Å². The van der Waals surface area contributed by atoms with Gasteiger partial charge in [0.25, 0.3) is 0 Å². The van der Waals surface area contributed by atoms with Gasteiger partial charge in [0, 0.05) is 0 Å². The van der Waals surface area contributed by atoms with Gasteiger partial charge >= 0.3 is 0 Å². The van der Waals surface area contributed by atoms with E-state index in [4.69, 9.17) is 0 Å². The molecule has 2 aliphatic carbocycles. The van der Waals surface area contributed by atoms with E-state index in [0.29, 0.717) is 17.3 Å². The molecule has 0 aliphatic heterocycles. The van der Waals surface area contributed by atoms with Gasteiger partial charge in [-0.2, -0.15) is 0 Å². The lowest BCUT2D eigenvalue weighted by Gasteiger charge is -2.43. The van der Waals surface area contributed by atoms with Gasteiger partial charge in [0.2, 0.25) is 0 Å². The Labute approximate surface area is 93.6 Å². The van der Waals surface area contributed by atoms with Crippen molar-refractivity contribution < 1.29 is 5.11 Å². The van der Waals surface area contributed by atoms with Crippen molar-refractivity contribution in [2.75, 3.05) is 0 Å². The van der Waals surface area contributed by atoms with E-state index in [2.05, 4.69) is 26.0 Å². The van der Waals surface area contributed by atoms with Gasteiger partial charge in [0.15, 0.2) is 0 Å². The number of hydrogen-bond donors (Lipinski definition) is 1. The fourth-order valence-corrected chi connectivity index (χ4v) is 3.59. The first-order valence-electron chi connectivity index (χ1n) is 6.32. The molecule has 0 radical (unpaired) electrons. The van der Waals surface area contributed by atoms with Crippen molar-refractivity contribution >= 4 is 0 Å². The monoisotopic (exact) mass is 208 g/mol. The van der Waals surface area contributed by atoms with Crippen LogP contribution in [0, 0.1) is 17.3 Å². The van der Waals surface area contributed by atoms with Crippen molar-refractivity contribution in [3.05, 3.63) is 12.2 Å². The van der Waals surface area contributed by atoms with Gasteiger partial charge in [-0.15, -0.1) is 0 Å². The topological polar surface area (TPSA) is 20.2 Å². The van der Waals surface area contributed by atoms with Crippen LogP contribution in [0.3, 0.4) is 0 Å². The highest BCUT2D eigenvalue weighted by atomic mass is 16.3. The summed E-state index contributed by atoms with van der Waals surface area (Å²) in [5.41, 5.74) is -0.0781. The summed E-state index contributed by atoms with van der Waals surface area (Å²) in [5.74, 6) is 1.05. The Morgan fingerprint density at radius 1 is 1.20 bits per heavy atom. The van der Waals surface area contributed by atoms with E-state index in [0.717, 1.165) is 19.3 Å². The second-order valence-corrected chi connectivity index (χ2v) is 6.34. The average Bonchev–Trinajstić information content (AvgIpc) is 2.24. The maximum atomic E-state index is 10.5. The third kappa shape index (κ3) is 1.99. The van der Waals surface area contributed by atoms with Crippen LogP contribution in [-0.4, -0.2) is 10.7 Å². The molecule has 1 N–H and O–H groups in total. The molecule has 86 valence electrons. The predicted octanol–water partition coefficient (Wildman–Crippen LogP) is 3.53. The van der Waals surface area contributed by atoms with Crippen molar-refractivity contribution in [2.24, 2.45) is 17.3 Å². The van der Waals surface area contributed by atoms with Gasteiger partial charge in [0.1, 0.15) is 0 Å². The Bertz CT molecular complexity index is 263. The normalized spacial score (nSPS) is 44.5. The molecule has 0 spiro atoms. The first-order valence-corrected chi connectivity index (χ1v) is 6.32. The van der Waals surface area contributed by atoms with Crippen LogP contribution in [0.5, 0.6) is 0 Å². The second kappa shape index (κ2) is 3.62. The highest BCUT2D eigenvalue weighted by molar-refractivity contribution is 5.08. The summed E-state index contributed by atoms with van der Waals surface area (Å²) in [4.78, 5) is 0. The number of rotatable bonds is 0. The van der Waals surface area contributed by atoms with Crippen LogP contribution in [0.25, 0.3) is 0 Å². The minimum absolute atomic E-state index is 0.363. The molecule has 0 saturated heterocycles. The molecule has 3 atom stereocenters. The standard InChI is InChI=1S/C14H24O/c1-13(2)9-6-10-14(3,15)12-8-5-4-7-11(12)13/h4,7,11-12,15H,5-6,8-10H2,1-3H3/t11?,12?,14-/m0/s1. The molecule has 1 nitrogen and oxygen atoms in total. The minimum atomic E-state index is -0.441. The fourth-order valence-electron chi connectivity index (χ4n) is 3.59. The summed E-state index contributed by atoms with van der Waals surface area (Å²) in [5, 5.41) is 10.5. The maximum absolute atomic E-state index is 10.5. The molecular formula is C14H24O. The molecule has 1 heteroatoms. The van der Waals surface area contributed by atoms with Crippen LogP contribution in [-0.2, 0) is 0 Å². The summed E-state index contributed by atoms with van der Waals surface area (Å²) >= 11 is 0. The van der Waals surface area contributed by atoms with E-state index in [1.54, 1.807) is 0 Å². The van der Waals surface area contributed by atoms with Gasteiger partial charge in [-0.05, 0) is 49.9 Å². The van der Waals surface area contributed by atoms with Crippen molar-refractivity contribution in [1.82, 2.24) is 0 Å². The van der Waals surface area contributed by atoms with Crippen LogP contribution >= 0.6 is 0 Å².